The lowest BCUT2D eigenvalue weighted by atomic mass is 10.0. The summed E-state index contributed by atoms with van der Waals surface area (Å²) in [6.45, 7) is 0.957. The lowest BCUT2D eigenvalue weighted by molar-refractivity contribution is 0.0602. The van der Waals surface area contributed by atoms with Gasteiger partial charge in [-0.3, -0.25) is 0 Å². The zero-order valence-corrected chi connectivity index (χ0v) is 17.2. The Morgan fingerprint density at radius 2 is 1.53 bits per heavy atom. The molecule has 30 heavy (non-hydrogen) atoms. The smallest absolute Gasteiger partial charge is 0.340 e. The van der Waals surface area contributed by atoms with E-state index < -0.39 is 5.97 Å². The summed E-state index contributed by atoms with van der Waals surface area (Å²) in [5.74, 6) is 0.908. The topological polar surface area (TPSA) is 92.9 Å². The number of nitrogens with zero attached hydrogens (tertiary/aromatic N) is 1. The Bertz CT molecular complexity index is 1000. The van der Waals surface area contributed by atoms with E-state index in [-0.39, 0.29) is 11.3 Å². The fourth-order valence-electron chi connectivity index (χ4n) is 2.92. The molecular formula is C23H24N2O5. The van der Waals surface area contributed by atoms with Crippen LogP contribution in [0.3, 0.4) is 0 Å². The number of carbonyl (C=O) groups excluding carboxylic acids is 1. The summed E-state index contributed by atoms with van der Waals surface area (Å²) in [5.41, 5.74) is 9.47. The van der Waals surface area contributed by atoms with Crippen molar-refractivity contribution in [3.63, 3.8) is 0 Å². The van der Waals surface area contributed by atoms with Crippen molar-refractivity contribution in [3.8, 4) is 34.0 Å². The highest BCUT2D eigenvalue weighted by molar-refractivity contribution is 5.99. The summed E-state index contributed by atoms with van der Waals surface area (Å²) in [5, 5.41) is 0. The van der Waals surface area contributed by atoms with E-state index in [0.29, 0.717) is 30.4 Å². The monoisotopic (exact) mass is 408 g/mol. The fraction of sp³-hybridized carbons (Fsp3) is 0.217. The van der Waals surface area contributed by atoms with Crippen LogP contribution >= 0.6 is 0 Å². The third-order valence-corrected chi connectivity index (χ3v) is 4.53. The van der Waals surface area contributed by atoms with Crippen LogP contribution in [-0.4, -0.2) is 45.5 Å². The molecule has 0 aliphatic rings. The maximum Gasteiger partial charge on any atom is 0.340 e. The number of aromatic nitrogens is 1. The largest absolute Gasteiger partial charge is 0.497 e. The van der Waals surface area contributed by atoms with E-state index in [2.05, 4.69) is 0 Å². The van der Waals surface area contributed by atoms with Crippen molar-refractivity contribution in [2.45, 2.75) is 0 Å². The van der Waals surface area contributed by atoms with Crippen LogP contribution in [-0.2, 0) is 9.47 Å². The van der Waals surface area contributed by atoms with Gasteiger partial charge in [0.1, 0.15) is 18.1 Å². The molecule has 1 heterocycles. The minimum absolute atomic E-state index is 0.257. The second-order valence-electron chi connectivity index (χ2n) is 6.40. The van der Waals surface area contributed by atoms with Crippen LogP contribution in [0.5, 0.6) is 11.5 Å². The molecule has 3 rings (SSSR count). The number of nitrogen functional groups attached to an aromatic ring is 1. The van der Waals surface area contributed by atoms with E-state index in [0.717, 1.165) is 16.9 Å². The highest BCUT2D eigenvalue weighted by Gasteiger charge is 2.18. The van der Waals surface area contributed by atoms with Gasteiger partial charge in [0.15, 0.2) is 0 Å². The van der Waals surface area contributed by atoms with Gasteiger partial charge in [0.05, 0.1) is 43.5 Å². The quantitative estimate of drug-likeness (QED) is 0.447. The minimum Gasteiger partial charge on any atom is -0.497 e. The van der Waals surface area contributed by atoms with E-state index in [1.165, 1.54) is 7.11 Å². The number of ether oxygens (including phenoxy) is 4. The first kappa shape index (κ1) is 21.1. The Kier molecular flexibility index (Phi) is 6.87. The number of benzene rings is 2. The van der Waals surface area contributed by atoms with Crippen LogP contribution in [0.15, 0.2) is 54.6 Å². The molecule has 0 aliphatic heterocycles. The lowest BCUT2D eigenvalue weighted by Gasteiger charge is -2.13. The SMILES string of the molecule is COCCOc1ccc(-c2nc(-c3ccc(OC)cc3)cc(C(=O)OC)c2N)cc1. The standard InChI is InChI=1S/C23H24N2O5/c1-27-12-13-30-18-10-6-16(7-11-18)22-21(24)19(23(26)29-3)14-20(25-22)15-4-8-17(28-2)9-5-15/h4-11,14H,12-13,24H2,1-3H3. The molecule has 2 aromatic carbocycles. The Balaban J connectivity index is 2.03. The lowest BCUT2D eigenvalue weighted by Crippen LogP contribution is -2.09. The van der Waals surface area contributed by atoms with Crippen LogP contribution in [0.4, 0.5) is 5.69 Å². The van der Waals surface area contributed by atoms with Gasteiger partial charge in [0.2, 0.25) is 0 Å². The number of carbonyl (C=O) groups is 1. The van der Waals surface area contributed by atoms with E-state index in [1.807, 2.05) is 48.5 Å². The van der Waals surface area contributed by atoms with Crippen LogP contribution in [0.25, 0.3) is 22.5 Å². The third kappa shape index (κ3) is 4.69. The van der Waals surface area contributed by atoms with Crippen molar-refractivity contribution in [2.75, 3.05) is 40.3 Å². The molecule has 0 aliphatic carbocycles. The van der Waals surface area contributed by atoms with Gasteiger partial charge in [-0.05, 0) is 54.6 Å². The number of hydrogen-bond acceptors (Lipinski definition) is 7. The average molecular weight is 408 g/mol. The number of pyridine rings is 1. The molecule has 0 saturated heterocycles. The average Bonchev–Trinajstić information content (AvgIpc) is 2.79. The molecule has 2 N–H and O–H groups in total. The molecule has 156 valence electrons. The van der Waals surface area contributed by atoms with E-state index >= 15 is 0 Å². The van der Waals surface area contributed by atoms with Gasteiger partial charge < -0.3 is 24.7 Å². The molecule has 1 aromatic heterocycles. The first-order chi connectivity index (χ1) is 14.6. The summed E-state index contributed by atoms with van der Waals surface area (Å²) < 4.78 is 20.7. The first-order valence-corrected chi connectivity index (χ1v) is 9.32. The Labute approximate surface area is 175 Å². The molecule has 0 unspecified atom stereocenters. The number of anilines is 1. The predicted molar refractivity (Wildman–Crippen MR) is 115 cm³/mol. The van der Waals surface area contributed by atoms with Gasteiger partial charge in [-0.1, -0.05) is 0 Å². The minimum atomic E-state index is -0.523. The number of esters is 1. The first-order valence-electron chi connectivity index (χ1n) is 9.32. The number of rotatable bonds is 8. The molecule has 0 atom stereocenters. The van der Waals surface area contributed by atoms with E-state index in [9.17, 15) is 4.79 Å². The van der Waals surface area contributed by atoms with Crippen LogP contribution in [0, 0.1) is 0 Å². The van der Waals surface area contributed by atoms with Gasteiger partial charge >= 0.3 is 5.97 Å². The maximum atomic E-state index is 12.3. The van der Waals surface area contributed by atoms with Crippen molar-refractivity contribution in [3.05, 3.63) is 60.2 Å². The Hall–Kier alpha value is -3.58. The van der Waals surface area contributed by atoms with Crippen LogP contribution < -0.4 is 15.2 Å². The molecule has 0 radical (unpaired) electrons. The van der Waals surface area contributed by atoms with Gasteiger partial charge in [-0.25, -0.2) is 9.78 Å². The highest BCUT2D eigenvalue weighted by Crippen LogP contribution is 2.33. The zero-order valence-electron chi connectivity index (χ0n) is 17.2. The molecule has 7 nitrogen and oxygen atoms in total. The van der Waals surface area contributed by atoms with Gasteiger partial charge in [0, 0.05) is 18.2 Å². The van der Waals surface area contributed by atoms with Crippen LogP contribution in [0.1, 0.15) is 10.4 Å². The summed E-state index contributed by atoms with van der Waals surface area (Å²) in [4.78, 5) is 17.0. The van der Waals surface area contributed by atoms with Crippen molar-refractivity contribution >= 4 is 11.7 Å². The molecule has 7 heteroatoms. The van der Waals surface area contributed by atoms with Crippen molar-refractivity contribution in [1.82, 2.24) is 4.98 Å². The summed E-state index contributed by atoms with van der Waals surface area (Å²) in [6, 6.07) is 16.4. The van der Waals surface area contributed by atoms with E-state index in [4.69, 9.17) is 29.7 Å². The zero-order chi connectivity index (χ0) is 21.5. The van der Waals surface area contributed by atoms with Crippen molar-refractivity contribution < 1.29 is 23.7 Å². The molecule has 3 aromatic rings. The Morgan fingerprint density at radius 1 is 0.900 bits per heavy atom. The van der Waals surface area contributed by atoms with Gasteiger partial charge in [0.25, 0.3) is 0 Å². The van der Waals surface area contributed by atoms with Crippen molar-refractivity contribution in [2.24, 2.45) is 0 Å². The second kappa shape index (κ2) is 9.76. The van der Waals surface area contributed by atoms with Gasteiger partial charge in [-0.2, -0.15) is 0 Å². The fourth-order valence-corrected chi connectivity index (χ4v) is 2.92. The number of hydrogen-bond donors (Lipinski definition) is 1. The molecule has 0 amide bonds. The third-order valence-electron chi connectivity index (χ3n) is 4.53. The number of nitrogens with two attached hydrogens (primary N) is 1. The van der Waals surface area contributed by atoms with E-state index in [1.54, 1.807) is 20.3 Å². The van der Waals surface area contributed by atoms with Gasteiger partial charge in [-0.15, -0.1) is 0 Å². The molecule has 0 saturated carbocycles. The van der Waals surface area contributed by atoms with Crippen LogP contribution in [0.2, 0.25) is 0 Å². The molecule has 0 bridgehead atoms. The highest BCUT2D eigenvalue weighted by atomic mass is 16.5. The summed E-state index contributed by atoms with van der Waals surface area (Å²) >= 11 is 0. The second-order valence-corrected chi connectivity index (χ2v) is 6.40. The van der Waals surface area contributed by atoms with Crippen molar-refractivity contribution in [1.29, 1.82) is 0 Å². The summed E-state index contributed by atoms with van der Waals surface area (Å²) in [6.07, 6.45) is 0. The normalized spacial score (nSPS) is 10.5. The molecule has 0 fully saturated rings. The Morgan fingerprint density at radius 3 is 2.13 bits per heavy atom. The predicted octanol–water partition coefficient (Wildman–Crippen LogP) is 3.82. The maximum absolute atomic E-state index is 12.3. The molecular weight excluding hydrogens is 384 g/mol. The number of methoxy groups -OCH3 is 3. The molecule has 0 spiro atoms. The summed E-state index contributed by atoms with van der Waals surface area (Å²) in [7, 11) is 4.54.